The summed E-state index contributed by atoms with van der Waals surface area (Å²) in [6.07, 6.45) is -0.190. The Bertz CT molecular complexity index is 542. The molecule has 0 saturated carbocycles. The van der Waals surface area contributed by atoms with E-state index in [9.17, 15) is 9.59 Å². The van der Waals surface area contributed by atoms with Crippen LogP contribution in [0.2, 0.25) is 0 Å². The molecule has 0 aromatic carbocycles. The van der Waals surface area contributed by atoms with Gasteiger partial charge in [0.2, 0.25) is 0 Å². The molecule has 2 heterocycles. The Morgan fingerprint density at radius 2 is 1.86 bits per heavy atom. The highest BCUT2D eigenvalue weighted by molar-refractivity contribution is 6.00. The Morgan fingerprint density at radius 3 is 2.43 bits per heavy atom. The molecule has 1 fully saturated rings. The summed E-state index contributed by atoms with van der Waals surface area (Å²) in [5.74, 6) is -0.486. The van der Waals surface area contributed by atoms with E-state index in [1.807, 2.05) is 0 Å². The van der Waals surface area contributed by atoms with E-state index in [0.717, 1.165) is 0 Å². The van der Waals surface area contributed by atoms with Crippen molar-refractivity contribution in [2.45, 2.75) is 33.8 Å². The number of nitrogens with one attached hydrogen (secondary N) is 1. The molecular weight excluding hydrogens is 272 g/mol. The third-order valence-corrected chi connectivity index (χ3v) is 3.50. The average molecular weight is 294 g/mol. The summed E-state index contributed by atoms with van der Waals surface area (Å²) >= 11 is 0. The van der Waals surface area contributed by atoms with Crippen molar-refractivity contribution in [2.75, 3.05) is 26.3 Å². The van der Waals surface area contributed by atoms with Crippen molar-refractivity contribution < 1.29 is 19.1 Å². The van der Waals surface area contributed by atoms with E-state index in [4.69, 9.17) is 9.47 Å². The number of aromatic nitrogens is 1. The molecule has 1 aromatic heterocycles. The topological polar surface area (TPSA) is 71.6 Å². The number of hydrogen-bond donors (Lipinski definition) is 1. The molecule has 1 saturated heterocycles. The number of carbonyl (C=O) groups is 2. The number of carbonyl (C=O) groups excluding carboxylic acids is 2. The van der Waals surface area contributed by atoms with Crippen molar-refractivity contribution in [1.82, 2.24) is 9.88 Å². The Balaban J connectivity index is 2.25. The molecule has 116 valence electrons. The molecule has 1 aliphatic heterocycles. The largest absolute Gasteiger partial charge is 0.459 e. The number of aromatic amines is 1. The van der Waals surface area contributed by atoms with Crippen LogP contribution >= 0.6 is 0 Å². The van der Waals surface area contributed by atoms with Crippen molar-refractivity contribution in [3.63, 3.8) is 0 Å². The second kappa shape index (κ2) is 6.30. The lowest BCUT2D eigenvalue weighted by Crippen LogP contribution is -2.41. The lowest BCUT2D eigenvalue weighted by Gasteiger charge is -2.26. The molecule has 0 spiro atoms. The number of morpholine rings is 1. The van der Waals surface area contributed by atoms with Gasteiger partial charge in [-0.1, -0.05) is 0 Å². The summed E-state index contributed by atoms with van der Waals surface area (Å²) in [6.45, 7) is 9.39. The molecule has 1 N–H and O–H groups in total. The molecule has 0 bridgehead atoms. The first-order valence-electron chi connectivity index (χ1n) is 7.19. The molecule has 0 atom stereocenters. The summed E-state index contributed by atoms with van der Waals surface area (Å²) in [7, 11) is 0. The van der Waals surface area contributed by atoms with Crippen LogP contribution in [-0.2, 0) is 9.47 Å². The highest BCUT2D eigenvalue weighted by atomic mass is 16.5. The molecule has 0 unspecified atom stereocenters. The van der Waals surface area contributed by atoms with Crippen LogP contribution in [0, 0.1) is 13.8 Å². The Hall–Kier alpha value is -1.82. The van der Waals surface area contributed by atoms with E-state index in [1.54, 1.807) is 32.6 Å². The predicted molar refractivity (Wildman–Crippen MR) is 77.5 cm³/mol. The second-order valence-corrected chi connectivity index (χ2v) is 5.48. The smallest absolute Gasteiger partial charge is 0.340 e. The van der Waals surface area contributed by atoms with Crippen LogP contribution in [0.3, 0.4) is 0 Å². The molecule has 2 rings (SSSR count). The molecule has 0 radical (unpaired) electrons. The van der Waals surface area contributed by atoms with Crippen molar-refractivity contribution in [3.8, 4) is 0 Å². The zero-order valence-electron chi connectivity index (χ0n) is 13.0. The van der Waals surface area contributed by atoms with Gasteiger partial charge in [0.05, 0.1) is 24.9 Å². The summed E-state index contributed by atoms with van der Waals surface area (Å²) in [5.41, 5.74) is 2.23. The summed E-state index contributed by atoms with van der Waals surface area (Å²) in [6, 6.07) is 0. The minimum atomic E-state index is -0.391. The molecule has 1 aromatic rings. The minimum Gasteiger partial charge on any atom is -0.459 e. The van der Waals surface area contributed by atoms with Gasteiger partial charge in [-0.2, -0.15) is 0 Å². The van der Waals surface area contributed by atoms with Gasteiger partial charge in [0.1, 0.15) is 5.69 Å². The van der Waals surface area contributed by atoms with Gasteiger partial charge in [-0.05, 0) is 33.3 Å². The zero-order valence-corrected chi connectivity index (χ0v) is 13.0. The molecule has 1 aliphatic rings. The molecule has 1 amide bonds. The van der Waals surface area contributed by atoms with E-state index in [1.165, 1.54) is 0 Å². The first-order chi connectivity index (χ1) is 9.91. The maximum Gasteiger partial charge on any atom is 0.340 e. The van der Waals surface area contributed by atoms with Crippen LogP contribution in [0.25, 0.3) is 0 Å². The number of hydrogen-bond acceptors (Lipinski definition) is 4. The maximum absolute atomic E-state index is 12.5. The number of esters is 1. The van der Waals surface area contributed by atoms with Gasteiger partial charge in [0, 0.05) is 18.8 Å². The van der Waals surface area contributed by atoms with E-state index in [2.05, 4.69) is 4.98 Å². The quantitative estimate of drug-likeness (QED) is 0.861. The third-order valence-electron chi connectivity index (χ3n) is 3.50. The first kappa shape index (κ1) is 15.6. The Kier molecular flexibility index (Phi) is 4.67. The highest BCUT2D eigenvalue weighted by Crippen LogP contribution is 2.21. The van der Waals surface area contributed by atoms with Crippen LogP contribution in [0.15, 0.2) is 0 Å². The fourth-order valence-electron chi connectivity index (χ4n) is 2.47. The maximum atomic E-state index is 12.5. The van der Waals surface area contributed by atoms with Crippen LogP contribution in [-0.4, -0.2) is 54.2 Å². The average Bonchev–Trinajstić information content (AvgIpc) is 2.73. The number of ether oxygens (including phenoxy) is 2. The predicted octanol–water partition coefficient (Wildman–Crippen LogP) is 1.67. The van der Waals surface area contributed by atoms with E-state index >= 15 is 0 Å². The van der Waals surface area contributed by atoms with Crippen molar-refractivity contribution in [2.24, 2.45) is 0 Å². The second-order valence-electron chi connectivity index (χ2n) is 5.48. The monoisotopic (exact) mass is 294 g/mol. The van der Waals surface area contributed by atoms with Crippen LogP contribution < -0.4 is 0 Å². The van der Waals surface area contributed by atoms with E-state index < -0.39 is 5.97 Å². The van der Waals surface area contributed by atoms with Crippen LogP contribution in [0.1, 0.15) is 46.0 Å². The summed E-state index contributed by atoms with van der Waals surface area (Å²) in [4.78, 5) is 29.4. The Labute approximate surface area is 124 Å². The van der Waals surface area contributed by atoms with E-state index in [-0.39, 0.29) is 12.0 Å². The van der Waals surface area contributed by atoms with Gasteiger partial charge in [-0.15, -0.1) is 0 Å². The molecule has 0 aliphatic carbocycles. The van der Waals surface area contributed by atoms with Crippen molar-refractivity contribution >= 4 is 11.9 Å². The number of amides is 1. The number of rotatable bonds is 3. The van der Waals surface area contributed by atoms with Crippen LogP contribution in [0.5, 0.6) is 0 Å². The minimum absolute atomic E-state index is 0.0949. The van der Waals surface area contributed by atoms with Crippen molar-refractivity contribution in [3.05, 3.63) is 22.5 Å². The molecule has 6 nitrogen and oxygen atoms in total. The lowest BCUT2D eigenvalue weighted by molar-refractivity contribution is 0.0299. The fraction of sp³-hybridized carbons (Fsp3) is 0.600. The van der Waals surface area contributed by atoms with Crippen molar-refractivity contribution in [1.29, 1.82) is 0 Å². The van der Waals surface area contributed by atoms with Crippen LogP contribution in [0.4, 0.5) is 0 Å². The first-order valence-corrected chi connectivity index (χ1v) is 7.19. The lowest BCUT2D eigenvalue weighted by atomic mass is 10.1. The highest BCUT2D eigenvalue weighted by Gasteiger charge is 2.27. The number of H-pyrrole nitrogens is 1. The number of aryl methyl sites for hydroxylation is 1. The SMILES string of the molecule is Cc1[nH]c(C(=O)N2CCOCC2)c(C)c1C(=O)OC(C)C. The molecule has 21 heavy (non-hydrogen) atoms. The van der Waals surface area contributed by atoms with Gasteiger partial charge >= 0.3 is 5.97 Å². The number of nitrogens with zero attached hydrogens (tertiary/aromatic N) is 1. The molecular formula is C15H22N2O4. The zero-order chi connectivity index (χ0) is 15.6. The van der Waals surface area contributed by atoms with Gasteiger partial charge in [-0.25, -0.2) is 4.79 Å². The van der Waals surface area contributed by atoms with E-state index in [0.29, 0.717) is 48.8 Å². The van der Waals surface area contributed by atoms with Gasteiger partial charge in [0.15, 0.2) is 0 Å². The normalized spacial score (nSPS) is 15.4. The summed E-state index contributed by atoms with van der Waals surface area (Å²) < 4.78 is 10.5. The summed E-state index contributed by atoms with van der Waals surface area (Å²) in [5, 5.41) is 0. The Morgan fingerprint density at radius 1 is 1.24 bits per heavy atom. The third kappa shape index (κ3) is 3.26. The fourth-order valence-corrected chi connectivity index (χ4v) is 2.47. The van der Waals surface area contributed by atoms with Gasteiger partial charge in [0.25, 0.3) is 5.91 Å². The molecule has 6 heteroatoms. The van der Waals surface area contributed by atoms with Gasteiger partial charge in [-0.3, -0.25) is 4.79 Å². The standard InChI is InChI=1S/C15H22N2O4/c1-9(2)21-15(19)12-10(3)13(16-11(12)4)14(18)17-5-7-20-8-6-17/h9,16H,5-8H2,1-4H3. The van der Waals surface area contributed by atoms with Gasteiger partial charge < -0.3 is 19.4 Å².